The van der Waals surface area contributed by atoms with Crippen molar-refractivity contribution in [3.8, 4) is 11.5 Å². The van der Waals surface area contributed by atoms with Crippen molar-refractivity contribution < 1.29 is 18.7 Å². The molecule has 0 aliphatic rings. The monoisotopic (exact) mass is 275 g/mol. The number of rotatable bonds is 5. The number of ether oxygens (including phenoxy) is 2. The van der Waals surface area contributed by atoms with E-state index in [0.29, 0.717) is 22.6 Å². The van der Waals surface area contributed by atoms with Crippen molar-refractivity contribution in [1.82, 2.24) is 4.90 Å². The third kappa shape index (κ3) is 2.47. The first kappa shape index (κ1) is 14.0. The summed E-state index contributed by atoms with van der Waals surface area (Å²) in [5.41, 5.74) is 1.01. The molecule has 0 fully saturated rings. The second-order valence-electron chi connectivity index (χ2n) is 4.46. The highest BCUT2D eigenvalue weighted by molar-refractivity contribution is 6.12. The fraction of sp³-hybridized carbons (Fsp3) is 0.267. The number of hydrogen-bond donors (Lipinski definition) is 0. The molecule has 106 valence electrons. The van der Waals surface area contributed by atoms with Crippen LogP contribution >= 0.6 is 0 Å². The maximum Gasteiger partial charge on any atom is 0.194 e. The van der Waals surface area contributed by atoms with Gasteiger partial charge in [0.05, 0.1) is 25.9 Å². The molecule has 0 aliphatic heterocycles. The lowest BCUT2D eigenvalue weighted by Crippen LogP contribution is -2.06. The zero-order valence-electron chi connectivity index (χ0n) is 12.0. The van der Waals surface area contributed by atoms with Crippen LogP contribution < -0.4 is 9.47 Å². The van der Waals surface area contributed by atoms with Gasteiger partial charge in [-0.15, -0.1) is 0 Å². The van der Waals surface area contributed by atoms with Crippen molar-refractivity contribution in [3.63, 3.8) is 0 Å². The Balaban J connectivity index is 2.62. The highest BCUT2D eigenvalue weighted by atomic mass is 16.5. The van der Waals surface area contributed by atoms with Gasteiger partial charge in [0.1, 0.15) is 22.6 Å². The van der Waals surface area contributed by atoms with Gasteiger partial charge in [-0.2, -0.15) is 0 Å². The highest BCUT2D eigenvalue weighted by Gasteiger charge is 2.21. The van der Waals surface area contributed by atoms with Gasteiger partial charge in [-0.3, -0.25) is 4.79 Å². The van der Waals surface area contributed by atoms with Gasteiger partial charge in [-0.05, 0) is 6.07 Å². The van der Waals surface area contributed by atoms with Crippen LogP contribution in [0, 0.1) is 0 Å². The van der Waals surface area contributed by atoms with Gasteiger partial charge in [-0.25, -0.2) is 0 Å². The van der Waals surface area contributed by atoms with Crippen molar-refractivity contribution in [3.05, 3.63) is 36.2 Å². The number of benzene rings is 1. The average molecular weight is 275 g/mol. The first-order valence-corrected chi connectivity index (χ1v) is 6.09. The van der Waals surface area contributed by atoms with Crippen LogP contribution in [0.2, 0.25) is 0 Å². The van der Waals surface area contributed by atoms with Gasteiger partial charge < -0.3 is 18.8 Å². The predicted molar refractivity (Wildman–Crippen MR) is 76.5 cm³/mol. The van der Waals surface area contributed by atoms with Crippen molar-refractivity contribution in [2.75, 3.05) is 28.3 Å². The van der Waals surface area contributed by atoms with Gasteiger partial charge in [-0.1, -0.05) is 0 Å². The summed E-state index contributed by atoms with van der Waals surface area (Å²) in [5, 5.41) is 0.745. The molecule has 1 aromatic heterocycles. The van der Waals surface area contributed by atoms with Gasteiger partial charge >= 0.3 is 0 Å². The maximum atomic E-state index is 12.4. The van der Waals surface area contributed by atoms with Gasteiger partial charge in [0, 0.05) is 32.4 Å². The van der Waals surface area contributed by atoms with Crippen molar-refractivity contribution >= 4 is 16.8 Å². The smallest absolute Gasteiger partial charge is 0.194 e. The van der Waals surface area contributed by atoms with Crippen LogP contribution in [0.4, 0.5) is 0 Å². The summed E-state index contributed by atoms with van der Waals surface area (Å²) >= 11 is 0. The van der Waals surface area contributed by atoms with E-state index in [-0.39, 0.29) is 5.78 Å². The largest absolute Gasteiger partial charge is 0.496 e. The quantitative estimate of drug-likeness (QED) is 0.620. The molecule has 1 aromatic carbocycles. The Labute approximate surface area is 117 Å². The Bertz CT molecular complexity index is 655. The lowest BCUT2D eigenvalue weighted by atomic mass is 10.0. The lowest BCUT2D eigenvalue weighted by Gasteiger charge is -2.12. The molecule has 0 atom stereocenters. The summed E-state index contributed by atoms with van der Waals surface area (Å²) in [6.45, 7) is 0. The van der Waals surface area contributed by atoms with E-state index in [1.165, 1.54) is 20.3 Å². The first-order chi connectivity index (χ1) is 9.58. The third-order valence-electron chi connectivity index (χ3n) is 2.87. The molecule has 0 amide bonds. The van der Waals surface area contributed by atoms with Crippen LogP contribution in [0.3, 0.4) is 0 Å². The van der Waals surface area contributed by atoms with Gasteiger partial charge in [0.25, 0.3) is 0 Å². The highest BCUT2D eigenvalue weighted by Crippen LogP contribution is 2.37. The van der Waals surface area contributed by atoms with E-state index >= 15 is 0 Å². The molecule has 2 rings (SSSR count). The summed E-state index contributed by atoms with van der Waals surface area (Å²) in [6.07, 6.45) is 4.71. The molecule has 5 heteroatoms. The Hall–Kier alpha value is -2.43. The van der Waals surface area contributed by atoms with Crippen LogP contribution in [0.5, 0.6) is 11.5 Å². The number of furan rings is 1. The number of carbonyl (C=O) groups is 1. The standard InChI is InChI=1S/C15H17NO4/c1-16(2)7-5-11(17)14-13(18-3)9-12-10(6-8-20-12)15(14)19-4/h5-9H,1-4H3/b7-5+. The van der Waals surface area contributed by atoms with E-state index in [0.717, 1.165) is 5.39 Å². The van der Waals surface area contributed by atoms with Crippen LogP contribution in [0.25, 0.3) is 11.0 Å². The molecule has 1 heterocycles. The summed E-state index contributed by atoms with van der Waals surface area (Å²) in [5.74, 6) is 0.703. The molecule has 0 N–H and O–H groups in total. The lowest BCUT2D eigenvalue weighted by molar-refractivity contribution is 0.104. The second kappa shape index (κ2) is 5.69. The molecular formula is C15H17NO4. The maximum absolute atomic E-state index is 12.4. The molecule has 0 radical (unpaired) electrons. The van der Waals surface area contributed by atoms with Crippen LogP contribution in [0.1, 0.15) is 10.4 Å². The molecule has 2 aromatic rings. The summed E-state index contributed by atoms with van der Waals surface area (Å²) < 4.78 is 16.0. The van der Waals surface area contributed by atoms with Crippen molar-refractivity contribution in [2.24, 2.45) is 0 Å². The SMILES string of the molecule is COc1cc2occc2c(OC)c1C(=O)/C=C/N(C)C. The molecule has 0 spiro atoms. The number of nitrogens with zero attached hydrogens (tertiary/aromatic N) is 1. The van der Waals surface area contributed by atoms with Crippen LogP contribution in [0.15, 0.2) is 35.1 Å². The van der Waals surface area contributed by atoms with E-state index in [2.05, 4.69) is 0 Å². The van der Waals surface area contributed by atoms with Crippen molar-refractivity contribution in [2.45, 2.75) is 0 Å². The Morgan fingerprint density at radius 2 is 2.05 bits per heavy atom. The molecule has 0 aliphatic carbocycles. The molecule has 0 saturated carbocycles. The Morgan fingerprint density at radius 3 is 2.65 bits per heavy atom. The minimum atomic E-state index is -0.185. The summed E-state index contributed by atoms with van der Waals surface area (Å²) in [7, 11) is 6.72. The molecule has 0 saturated heterocycles. The van der Waals surface area contributed by atoms with Crippen molar-refractivity contribution in [1.29, 1.82) is 0 Å². The number of fused-ring (bicyclic) bond motifs is 1. The van der Waals surface area contributed by atoms with E-state index < -0.39 is 0 Å². The van der Waals surface area contributed by atoms with Crippen LogP contribution in [-0.2, 0) is 0 Å². The Kier molecular flexibility index (Phi) is 3.98. The Morgan fingerprint density at radius 1 is 1.30 bits per heavy atom. The fourth-order valence-corrected chi connectivity index (χ4v) is 1.96. The minimum absolute atomic E-state index is 0.185. The topological polar surface area (TPSA) is 51.9 Å². The minimum Gasteiger partial charge on any atom is -0.496 e. The molecule has 5 nitrogen and oxygen atoms in total. The zero-order chi connectivity index (χ0) is 14.7. The van der Waals surface area contributed by atoms with Gasteiger partial charge in [0.2, 0.25) is 0 Å². The molecule has 20 heavy (non-hydrogen) atoms. The van der Waals surface area contributed by atoms with E-state index in [4.69, 9.17) is 13.9 Å². The summed E-state index contributed by atoms with van der Waals surface area (Å²) in [6, 6.07) is 3.45. The molecular weight excluding hydrogens is 258 g/mol. The summed E-state index contributed by atoms with van der Waals surface area (Å²) in [4.78, 5) is 14.2. The third-order valence-corrected chi connectivity index (χ3v) is 2.87. The van der Waals surface area contributed by atoms with E-state index in [1.54, 1.807) is 29.5 Å². The van der Waals surface area contributed by atoms with Crippen LogP contribution in [-0.4, -0.2) is 39.0 Å². The normalized spacial score (nSPS) is 11.0. The predicted octanol–water partition coefficient (Wildman–Crippen LogP) is 2.71. The second-order valence-corrected chi connectivity index (χ2v) is 4.46. The zero-order valence-corrected chi connectivity index (χ0v) is 12.0. The number of allylic oxidation sites excluding steroid dienone is 1. The first-order valence-electron chi connectivity index (χ1n) is 6.09. The fourth-order valence-electron chi connectivity index (χ4n) is 1.96. The molecule has 0 unspecified atom stereocenters. The average Bonchev–Trinajstić information content (AvgIpc) is 2.90. The van der Waals surface area contributed by atoms with Gasteiger partial charge in [0.15, 0.2) is 5.78 Å². The molecule has 0 bridgehead atoms. The van der Waals surface area contributed by atoms with E-state index in [1.807, 2.05) is 14.1 Å². The number of carbonyl (C=O) groups excluding carboxylic acids is 1. The number of hydrogen-bond acceptors (Lipinski definition) is 5. The number of methoxy groups -OCH3 is 2. The number of ketones is 1. The van der Waals surface area contributed by atoms with E-state index in [9.17, 15) is 4.79 Å².